The molecule has 1 aromatic rings. The van der Waals surface area contributed by atoms with Crippen molar-refractivity contribution in [3.05, 3.63) is 24.3 Å². The fraction of sp³-hybridized carbons (Fsp3) is 0.609. The first kappa shape index (κ1) is 34.7. The average molecular weight is 621 g/mol. The molecule has 1 aliphatic heterocycles. The zero-order valence-corrected chi connectivity index (χ0v) is 23.5. The van der Waals surface area contributed by atoms with Crippen molar-refractivity contribution in [2.24, 2.45) is 0 Å². The molecule has 1 radical (unpaired) electrons. The SMILES string of the molecule is COc1ccc(S(=O)(=O)NCCN2CCN(CC(=O)[O-])CCN(CC(=O)O)CCN(CC(=O)[O-])CC2)cc1.[Cu+2]. The summed E-state index contributed by atoms with van der Waals surface area (Å²) in [4.78, 5) is 40.7. The molecule has 0 amide bonds. The van der Waals surface area contributed by atoms with Crippen molar-refractivity contribution in [3.8, 4) is 5.75 Å². The minimum Gasteiger partial charge on any atom is -0.549 e. The van der Waals surface area contributed by atoms with E-state index in [0.29, 0.717) is 38.5 Å². The summed E-state index contributed by atoms with van der Waals surface area (Å²) in [6.07, 6.45) is 0. The van der Waals surface area contributed by atoms with Crippen molar-refractivity contribution in [1.29, 1.82) is 0 Å². The van der Waals surface area contributed by atoms with Crippen molar-refractivity contribution in [1.82, 2.24) is 24.3 Å². The number of nitrogens with one attached hydrogen (secondary N) is 1. The second kappa shape index (κ2) is 17.4. The van der Waals surface area contributed by atoms with Crippen LogP contribution in [0, 0.1) is 0 Å². The molecule has 0 aliphatic carbocycles. The van der Waals surface area contributed by atoms with Crippen LogP contribution in [0.5, 0.6) is 5.75 Å². The molecule has 223 valence electrons. The number of carboxylic acids is 3. The molecular formula is C23H35CuN5O9S. The van der Waals surface area contributed by atoms with E-state index in [4.69, 9.17) is 4.74 Å². The summed E-state index contributed by atoms with van der Waals surface area (Å²) < 4.78 is 32.9. The summed E-state index contributed by atoms with van der Waals surface area (Å²) in [6, 6.07) is 5.95. The van der Waals surface area contributed by atoms with Gasteiger partial charge in [-0.05, 0) is 24.3 Å². The number of nitrogens with zero attached hydrogens (tertiary/aromatic N) is 4. The first-order chi connectivity index (χ1) is 18.0. The van der Waals surface area contributed by atoms with Gasteiger partial charge in [0.05, 0.1) is 30.5 Å². The van der Waals surface area contributed by atoms with Gasteiger partial charge in [0.1, 0.15) is 5.75 Å². The third kappa shape index (κ3) is 13.6. The van der Waals surface area contributed by atoms with Gasteiger partial charge in [0.25, 0.3) is 0 Å². The molecule has 1 saturated heterocycles. The summed E-state index contributed by atoms with van der Waals surface area (Å²) in [5.41, 5.74) is 0. The van der Waals surface area contributed by atoms with E-state index in [2.05, 4.69) is 4.72 Å². The molecule has 1 fully saturated rings. The van der Waals surface area contributed by atoms with E-state index >= 15 is 0 Å². The Balaban J connectivity index is 0.00000760. The van der Waals surface area contributed by atoms with Crippen LogP contribution in [0.25, 0.3) is 0 Å². The minimum absolute atomic E-state index is 0. The zero-order valence-electron chi connectivity index (χ0n) is 21.7. The standard InChI is InChI=1S/C23H37N5O9S.Cu/c1-37-19-2-4-20(5-3-19)38(35,36)24-6-7-25-8-10-26(16-21(29)30)12-14-28(18-23(33)34)15-13-27(11-9-25)17-22(31)32;/h2-5,24H,6-18H2,1H3,(H,29,30)(H,31,32)(H,33,34);/q;+2/p-2. The molecule has 1 aromatic carbocycles. The second-order valence-corrected chi connectivity index (χ2v) is 10.6. The molecule has 0 unspecified atom stereocenters. The van der Waals surface area contributed by atoms with Gasteiger partial charge in [-0.2, -0.15) is 0 Å². The third-order valence-electron chi connectivity index (χ3n) is 6.08. The number of carboxylic acid groups (broad SMARTS) is 3. The Labute approximate surface area is 239 Å². The van der Waals surface area contributed by atoms with Crippen molar-refractivity contribution in [3.63, 3.8) is 0 Å². The normalized spacial score (nSPS) is 17.4. The topological polar surface area (TPSA) is 186 Å². The molecule has 1 heterocycles. The number of rotatable bonds is 12. The number of hydrogen-bond donors (Lipinski definition) is 2. The van der Waals surface area contributed by atoms with Crippen LogP contribution >= 0.6 is 0 Å². The van der Waals surface area contributed by atoms with Crippen LogP contribution in [0.4, 0.5) is 0 Å². The van der Waals surface area contributed by atoms with Crippen LogP contribution in [0.3, 0.4) is 0 Å². The van der Waals surface area contributed by atoms with Crippen LogP contribution in [-0.4, -0.2) is 143 Å². The van der Waals surface area contributed by atoms with Crippen LogP contribution in [-0.2, 0) is 41.5 Å². The molecule has 2 N–H and O–H groups in total. The number of carbonyl (C=O) groups excluding carboxylic acids is 2. The number of ether oxygens (including phenoxy) is 1. The Morgan fingerprint density at radius 2 is 1.23 bits per heavy atom. The summed E-state index contributed by atoms with van der Waals surface area (Å²) in [6.45, 7) is 1.83. The smallest absolute Gasteiger partial charge is 0.549 e. The monoisotopic (exact) mass is 620 g/mol. The fourth-order valence-corrected chi connectivity index (χ4v) is 5.03. The van der Waals surface area contributed by atoms with Crippen molar-refractivity contribution >= 4 is 27.9 Å². The Hall–Kier alpha value is -2.30. The first-order valence-corrected chi connectivity index (χ1v) is 13.6. The zero-order chi connectivity index (χ0) is 28.1. The van der Waals surface area contributed by atoms with Gasteiger partial charge in [0.15, 0.2) is 0 Å². The molecule has 2 rings (SSSR count). The van der Waals surface area contributed by atoms with Crippen LogP contribution in [0.1, 0.15) is 0 Å². The molecule has 16 heteroatoms. The molecule has 0 spiro atoms. The Morgan fingerprint density at radius 1 is 0.821 bits per heavy atom. The number of benzene rings is 1. The van der Waals surface area contributed by atoms with Gasteiger partial charge in [-0.15, -0.1) is 0 Å². The van der Waals surface area contributed by atoms with Crippen molar-refractivity contribution in [2.45, 2.75) is 4.90 Å². The molecule has 0 atom stereocenters. The summed E-state index contributed by atoms with van der Waals surface area (Å²) in [7, 11) is -2.29. The predicted octanol–water partition coefficient (Wildman–Crippen LogP) is -4.22. The Morgan fingerprint density at radius 3 is 1.62 bits per heavy atom. The molecule has 14 nitrogen and oxygen atoms in total. The summed E-state index contributed by atoms with van der Waals surface area (Å²) in [5, 5.41) is 31.7. The molecule has 1 aliphatic rings. The van der Waals surface area contributed by atoms with Gasteiger partial charge in [0, 0.05) is 78.5 Å². The second-order valence-electron chi connectivity index (χ2n) is 8.88. The largest absolute Gasteiger partial charge is 2.00 e. The van der Waals surface area contributed by atoms with E-state index < -0.39 is 27.9 Å². The quantitative estimate of drug-likeness (QED) is 0.214. The van der Waals surface area contributed by atoms with Gasteiger partial charge in [-0.3, -0.25) is 24.4 Å². The van der Waals surface area contributed by atoms with E-state index in [9.17, 15) is 38.1 Å². The maximum absolute atomic E-state index is 12.7. The van der Waals surface area contributed by atoms with E-state index in [-0.39, 0.29) is 74.3 Å². The fourth-order valence-electron chi connectivity index (χ4n) is 4.01. The van der Waals surface area contributed by atoms with Gasteiger partial charge in [0.2, 0.25) is 10.0 Å². The third-order valence-corrected chi connectivity index (χ3v) is 7.56. The Kier molecular flexibility index (Phi) is 15.5. The maximum atomic E-state index is 12.7. The summed E-state index contributed by atoms with van der Waals surface area (Å²) >= 11 is 0. The Bertz CT molecular complexity index is 997. The van der Waals surface area contributed by atoms with E-state index in [0.717, 1.165) is 0 Å². The molecule has 39 heavy (non-hydrogen) atoms. The van der Waals surface area contributed by atoms with Gasteiger partial charge in [-0.1, -0.05) is 0 Å². The van der Waals surface area contributed by atoms with Crippen molar-refractivity contribution in [2.75, 3.05) is 92.2 Å². The van der Waals surface area contributed by atoms with Crippen LogP contribution in [0.15, 0.2) is 29.2 Å². The number of aliphatic carboxylic acids is 3. The summed E-state index contributed by atoms with van der Waals surface area (Å²) in [5.74, 6) is -3.04. The number of carbonyl (C=O) groups is 3. The van der Waals surface area contributed by atoms with Gasteiger partial charge >= 0.3 is 23.0 Å². The average Bonchev–Trinajstić information content (AvgIpc) is 2.84. The van der Waals surface area contributed by atoms with Crippen LogP contribution < -0.4 is 19.7 Å². The number of hydrogen-bond acceptors (Lipinski definition) is 12. The molecular weight excluding hydrogens is 586 g/mol. The van der Waals surface area contributed by atoms with Crippen LogP contribution in [0.2, 0.25) is 0 Å². The molecule has 0 aromatic heterocycles. The molecule has 0 bridgehead atoms. The predicted molar refractivity (Wildman–Crippen MR) is 132 cm³/mol. The van der Waals surface area contributed by atoms with E-state index in [1.165, 1.54) is 19.2 Å². The number of sulfonamides is 1. The molecule has 0 saturated carbocycles. The van der Waals surface area contributed by atoms with Gasteiger partial charge < -0.3 is 29.6 Å². The minimum atomic E-state index is -3.77. The first-order valence-electron chi connectivity index (χ1n) is 12.1. The number of methoxy groups -OCH3 is 1. The maximum Gasteiger partial charge on any atom is 2.00 e. The van der Waals surface area contributed by atoms with Crippen molar-refractivity contribution < 1.29 is 59.9 Å². The van der Waals surface area contributed by atoms with Gasteiger partial charge in [-0.25, -0.2) is 13.1 Å². The van der Waals surface area contributed by atoms with E-state index in [1.807, 2.05) is 4.90 Å². The van der Waals surface area contributed by atoms with E-state index in [1.54, 1.807) is 26.8 Å².